The van der Waals surface area contributed by atoms with Gasteiger partial charge in [0.05, 0.1) is 0 Å². The zero-order valence-electron chi connectivity index (χ0n) is 16.5. The minimum Gasteiger partial charge on any atom is -0.356 e. The van der Waals surface area contributed by atoms with Crippen LogP contribution in [0.3, 0.4) is 0 Å². The first-order chi connectivity index (χ1) is 13.7. The number of hydrogen-bond donors (Lipinski definition) is 1. The summed E-state index contributed by atoms with van der Waals surface area (Å²) in [6, 6.07) is 12.4. The number of amides is 1. The molecule has 146 valence electrons. The summed E-state index contributed by atoms with van der Waals surface area (Å²) >= 11 is 0. The van der Waals surface area contributed by atoms with Crippen molar-refractivity contribution in [3.8, 4) is 11.4 Å². The number of imidazole rings is 1. The summed E-state index contributed by atoms with van der Waals surface area (Å²) in [6.45, 7) is 3.56. The Hall–Kier alpha value is -2.69. The van der Waals surface area contributed by atoms with Gasteiger partial charge in [-0.05, 0) is 38.3 Å². The number of rotatable bonds is 6. The number of aromatic nitrogens is 3. The van der Waals surface area contributed by atoms with Crippen LogP contribution in [0, 0.1) is 12.8 Å². The minimum atomic E-state index is 0.215. The molecule has 5 nitrogen and oxygen atoms in total. The molecule has 0 spiro atoms. The third-order valence-electron chi connectivity index (χ3n) is 5.65. The number of pyridine rings is 1. The molecule has 1 aliphatic rings. The number of carbonyl (C=O) groups is 1. The number of nitrogens with one attached hydrogen (secondary N) is 1. The molecule has 3 aromatic rings. The van der Waals surface area contributed by atoms with E-state index >= 15 is 0 Å². The Morgan fingerprint density at radius 3 is 2.71 bits per heavy atom. The van der Waals surface area contributed by atoms with Gasteiger partial charge in [0.1, 0.15) is 11.3 Å². The summed E-state index contributed by atoms with van der Waals surface area (Å²) in [7, 11) is 0. The summed E-state index contributed by atoms with van der Waals surface area (Å²) < 4.78 is 2.17. The van der Waals surface area contributed by atoms with Gasteiger partial charge in [0.15, 0.2) is 5.65 Å². The Morgan fingerprint density at radius 1 is 1.14 bits per heavy atom. The Morgan fingerprint density at radius 2 is 1.93 bits per heavy atom. The molecule has 1 amide bonds. The van der Waals surface area contributed by atoms with Crippen molar-refractivity contribution in [2.75, 3.05) is 6.54 Å². The number of nitrogens with zero attached hydrogens (tertiary/aromatic N) is 3. The van der Waals surface area contributed by atoms with Gasteiger partial charge in [0.25, 0.3) is 0 Å². The van der Waals surface area contributed by atoms with Crippen molar-refractivity contribution in [1.29, 1.82) is 0 Å². The van der Waals surface area contributed by atoms with Gasteiger partial charge in [-0.25, -0.2) is 9.97 Å². The number of aryl methyl sites for hydroxylation is 2. The smallest absolute Gasteiger partial charge is 0.223 e. The molecule has 0 aliphatic heterocycles. The molecule has 0 atom stereocenters. The second kappa shape index (κ2) is 8.55. The first-order valence-electron chi connectivity index (χ1n) is 10.4. The van der Waals surface area contributed by atoms with Crippen LogP contribution in [-0.2, 0) is 11.3 Å². The zero-order chi connectivity index (χ0) is 19.3. The molecule has 4 rings (SSSR count). The lowest BCUT2D eigenvalue weighted by Gasteiger charge is -2.20. The van der Waals surface area contributed by atoms with Crippen LogP contribution in [-0.4, -0.2) is 27.0 Å². The Balaban J connectivity index is 1.46. The fourth-order valence-electron chi connectivity index (χ4n) is 4.05. The third kappa shape index (κ3) is 4.08. The molecule has 1 fully saturated rings. The predicted molar refractivity (Wildman–Crippen MR) is 112 cm³/mol. The monoisotopic (exact) mass is 376 g/mol. The van der Waals surface area contributed by atoms with E-state index in [0.29, 0.717) is 6.54 Å². The Kier molecular flexibility index (Phi) is 5.70. The highest BCUT2D eigenvalue weighted by Gasteiger charge is 2.20. The van der Waals surface area contributed by atoms with E-state index < -0.39 is 0 Å². The van der Waals surface area contributed by atoms with Gasteiger partial charge in [-0.2, -0.15) is 0 Å². The first kappa shape index (κ1) is 18.7. The average molecular weight is 377 g/mol. The van der Waals surface area contributed by atoms with Crippen molar-refractivity contribution < 1.29 is 4.79 Å². The van der Waals surface area contributed by atoms with Crippen molar-refractivity contribution in [2.24, 2.45) is 5.92 Å². The molecule has 2 aromatic heterocycles. The van der Waals surface area contributed by atoms with E-state index in [1.807, 2.05) is 18.3 Å². The van der Waals surface area contributed by atoms with Gasteiger partial charge in [0, 0.05) is 30.8 Å². The van der Waals surface area contributed by atoms with Gasteiger partial charge in [-0.1, -0.05) is 49.1 Å². The summed E-state index contributed by atoms with van der Waals surface area (Å²) in [5, 5.41) is 3.14. The Labute approximate surface area is 166 Å². The van der Waals surface area contributed by atoms with Crippen LogP contribution in [0.15, 0.2) is 42.6 Å². The number of fused-ring (bicyclic) bond motifs is 1. The SMILES string of the molecule is Cc1ccc(-c2nc3cccnc3n2CCCNC(=O)C2CCCCC2)cc1. The third-order valence-corrected chi connectivity index (χ3v) is 5.65. The van der Waals surface area contributed by atoms with Crippen LogP contribution in [0.4, 0.5) is 0 Å². The lowest BCUT2D eigenvalue weighted by molar-refractivity contribution is -0.125. The van der Waals surface area contributed by atoms with Crippen molar-refractivity contribution in [1.82, 2.24) is 19.9 Å². The molecule has 1 N–H and O–H groups in total. The molecule has 1 aliphatic carbocycles. The molecule has 5 heteroatoms. The van der Waals surface area contributed by atoms with Gasteiger partial charge in [0.2, 0.25) is 5.91 Å². The summed E-state index contributed by atoms with van der Waals surface area (Å²) in [6.07, 6.45) is 8.39. The molecule has 0 bridgehead atoms. The average Bonchev–Trinajstić information content (AvgIpc) is 3.11. The van der Waals surface area contributed by atoms with Crippen molar-refractivity contribution >= 4 is 17.1 Å². The maximum atomic E-state index is 12.3. The highest BCUT2D eigenvalue weighted by atomic mass is 16.1. The number of benzene rings is 1. The molecule has 0 radical (unpaired) electrons. The van der Waals surface area contributed by atoms with E-state index in [-0.39, 0.29) is 11.8 Å². The summed E-state index contributed by atoms with van der Waals surface area (Å²) in [5.41, 5.74) is 4.13. The quantitative estimate of drug-likeness (QED) is 0.645. The molecule has 1 saturated carbocycles. The maximum absolute atomic E-state index is 12.3. The molecule has 0 saturated heterocycles. The molecule has 2 heterocycles. The van der Waals surface area contributed by atoms with Crippen LogP contribution in [0.1, 0.15) is 44.1 Å². The number of hydrogen-bond acceptors (Lipinski definition) is 3. The Bertz CT molecular complexity index is 939. The molecule has 28 heavy (non-hydrogen) atoms. The fourth-order valence-corrected chi connectivity index (χ4v) is 4.05. The fraction of sp³-hybridized carbons (Fsp3) is 0.435. The van der Waals surface area contributed by atoms with E-state index in [0.717, 1.165) is 48.4 Å². The summed E-state index contributed by atoms with van der Waals surface area (Å²) in [5.74, 6) is 1.38. The van der Waals surface area contributed by atoms with Crippen LogP contribution >= 0.6 is 0 Å². The molecule has 1 aromatic carbocycles. The molecular formula is C23H28N4O. The van der Waals surface area contributed by atoms with E-state index in [2.05, 4.69) is 46.1 Å². The standard InChI is InChI=1S/C23H28N4O/c1-17-10-12-18(13-11-17)21-26-20-9-5-14-24-22(20)27(21)16-6-15-25-23(28)19-7-3-2-4-8-19/h5,9-14,19H,2-4,6-8,15-16H2,1H3,(H,25,28). The largest absolute Gasteiger partial charge is 0.356 e. The highest BCUT2D eigenvalue weighted by Crippen LogP contribution is 2.25. The zero-order valence-corrected chi connectivity index (χ0v) is 16.5. The number of carbonyl (C=O) groups excluding carboxylic acids is 1. The van der Waals surface area contributed by atoms with E-state index in [1.165, 1.54) is 24.8 Å². The lowest BCUT2D eigenvalue weighted by atomic mass is 9.89. The van der Waals surface area contributed by atoms with Gasteiger partial charge < -0.3 is 9.88 Å². The summed E-state index contributed by atoms with van der Waals surface area (Å²) in [4.78, 5) is 21.7. The van der Waals surface area contributed by atoms with Gasteiger partial charge >= 0.3 is 0 Å². The van der Waals surface area contributed by atoms with E-state index in [9.17, 15) is 4.79 Å². The molecule has 0 unspecified atom stereocenters. The molecular weight excluding hydrogens is 348 g/mol. The topological polar surface area (TPSA) is 59.8 Å². The second-order valence-electron chi connectivity index (χ2n) is 7.78. The van der Waals surface area contributed by atoms with Crippen LogP contribution in [0.2, 0.25) is 0 Å². The van der Waals surface area contributed by atoms with Gasteiger partial charge in [-0.15, -0.1) is 0 Å². The van der Waals surface area contributed by atoms with Crippen LogP contribution in [0.25, 0.3) is 22.6 Å². The van der Waals surface area contributed by atoms with Gasteiger partial charge in [-0.3, -0.25) is 4.79 Å². The first-order valence-corrected chi connectivity index (χ1v) is 10.4. The predicted octanol–water partition coefficient (Wildman–Crippen LogP) is 4.49. The van der Waals surface area contributed by atoms with Crippen LogP contribution in [0.5, 0.6) is 0 Å². The highest BCUT2D eigenvalue weighted by molar-refractivity contribution is 5.79. The van der Waals surface area contributed by atoms with Crippen molar-refractivity contribution in [2.45, 2.75) is 52.0 Å². The van der Waals surface area contributed by atoms with E-state index in [4.69, 9.17) is 4.98 Å². The lowest BCUT2D eigenvalue weighted by Crippen LogP contribution is -2.32. The maximum Gasteiger partial charge on any atom is 0.223 e. The van der Waals surface area contributed by atoms with Crippen molar-refractivity contribution in [3.05, 3.63) is 48.2 Å². The van der Waals surface area contributed by atoms with E-state index in [1.54, 1.807) is 0 Å². The second-order valence-corrected chi connectivity index (χ2v) is 7.78. The van der Waals surface area contributed by atoms with Crippen LogP contribution < -0.4 is 5.32 Å². The normalized spacial score (nSPS) is 15.0. The van der Waals surface area contributed by atoms with Crippen molar-refractivity contribution in [3.63, 3.8) is 0 Å². The minimum absolute atomic E-state index is 0.215.